The second-order valence-corrected chi connectivity index (χ2v) is 4.62. The Bertz CT molecular complexity index is 500. The van der Waals surface area contributed by atoms with E-state index >= 15 is 0 Å². The van der Waals surface area contributed by atoms with E-state index in [-0.39, 0.29) is 17.8 Å². The minimum atomic E-state index is -0.252. The summed E-state index contributed by atoms with van der Waals surface area (Å²) in [4.78, 5) is 11.6. The van der Waals surface area contributed by atoms with Gasteiger partial charge in [-0.2, -0.15) is 0 Å². The first-order valence-electron chi connectivity index (χ1n) is 6.58. The Labute approximate surface area is 119 Å². The number of hydrogen-bond donors (Lipinski definition) is 4. The van der Waals surface area contributed by atoms with Gasteiger partial charge in [0.2, 0.25) is 5.91 Å². The van der Waals surface area contributed by atoms with Crippen LogP contribution in [0.2, 0.25) is 0 Å². The number of likely N-dealkylation sites (N-methyl/N-ethyl adjacent to an activating group) is 1. The normalized spacial score (nSPS) is 13.1. The minimum Gasteiger partial charge on any atom is -0.409 e. The molecule has 1 atom stereocenters. The first-order valence-corrected chi connectivity index (χ1v) is 6.58. The van der Waals surface area contributed by atoms with Crippen molar-refractivity contribution in [3.8, 4) is 0 Å². The highest BCUT2D eigenvalue weighted by molar-refractivity contribution is 5.97. The maximum atomic E-state index is 11.6. The Kier molecular flexibility index (Phi) is 5.99. The van der Waals surface area contributed by atoms with Gasteiger partial charge in [-0.15, -0.1) is 0 Å². The number of amidine groups is 1. The lowest BCUT2D eigenvalue weighted by Gasteiger charge is -2.15. The molecule has 0 aliphatic heterocycles. The molecule has 0 aliphatic carbocycles. The number of benzene rings is 1. The summed E-state index contributed by atoms with van der Waals surface area (Å²) in [6.07, 6.45) is 0. The molecule has 1 aromatic rings. The summed E-state index contributed by atoms with van der Waals surface area (Å²) >= 11 is 0. The standard InChI is InChI=1S/C14H22N4O2/c1-4-16-14(19)10(3)17-8-12-6-5-11(7-9(12)2)13(15)18-20/h5-7,10,17,20H,4,8H2,1-3H3,(H2,15,18)(H,16,19). The molecule has 6 heteroatoms. The molecule has 0 fully saturated rings. The van der Waals surface area contributed by atoms with Gasteiger partial charge in [0.1, 0.15) is 0 Å². The molecule has 1 rings (SSSR count). The fourth-order valence-corrected chi connectivity index (χ4v) is 1.79. The molecular formula is C14H22N4O2. The molecule has 0 aliphatic rings. The first kappa shape index (κ1) is 16.0. The number of carbonyl (C=O) groups is 1. The van der Waals surface area contributed by atoms with Gasteiger partial charge < -0.3 is 21.6 Å². The van der Waals surface area contributed by atoms with Gasteiger partial charge in [0.05, 0.1) is 6.04 Å². The summed E-state index contributed by atoms with van der Waals surface area (Å²) in [6, 6.07) is 5.29. The predicted octanol–water partition coefficient (Wildman–Crippen LogP) is 0.704. The average molecular weight is 278 g/mol. The monoisotopic (exact) mass is 278 g/mol. The van der Waals surface area contributed by atoms with Crippen LogP contribution in [0.1, 0.15) is 30.5 Å². The number of aryl methyl sites for hydroxylation is 1. The van der Waals surface area contributed by atoms with Crippen LogP contribution in [0, 0.1) is 6.92 Å². The second kappa shape index (κ2) is 7.49. The van der Waals surface area contributed by atoms with Crippen molar-refractivity contribution >= 4 is 11.7 Å². The highest BCUT2D eigenvalue weighted by atomic mass is 16.4. The van der Waals surface area contributed by atoms with E-state index in [9.17, 15) is 4.79 Å². The minimum absolute atomic E-state index is 0.0153. The number of carbonyl (C=O) groups excluding carboxylic acids is 1. The Morgan fingerprint density at radius 3 is 2.75 bits per heavy atom. The summed E-state index contributed by atoms with van der Waals surface area (Å²) in [5.41, 5.74) is 8.30. The number of hydrogen-bond acceptors (Lipinski definition) is 4. The highest BCUT2D eigenvalue weighted by Gasteiger charge is 2.11. The molecular weight excluding hydrogens is 256 g/mol. The van der Waals surface area contributed by atoms with Crippen molar-refractivity contribution in [3.63, 3.8) is 0 Å². The molecule has 0 aromatic heterocycles. The van der Waals surface area contributed by atoms with E-state index < -0.39 is 0 Å². The lowest BCUT2D eigenvalue weighted by Crippen LogP contribution is -2.41. The van der Waals surface area contributed by atoms with E-state index in [1.807, 2.05) is 32.9 Å². The fraction of sp³-hybridized carbons (Fsp3) is 0.429. The van der Waals surface area contributed by atoms with E-state index in [0.29, 0.717) is 18.7 Å². The molecule has 0 spiro atoms. The number of nitrogens with one attached hydrogen (secondary N) is 2. The molecule has 0 saturated heterocycles. The van der Waals surface area contributed by atoms with Gasteiger partial charge in [-0.05, 0) is 38.0 Å². The summed E-state index contributed by atoms with van der Waals surface area (Å²) in [5, 5.41) is 17.5. The summed E-state index contributed by atoms with van der Waals surface area (Å²) in [5.74, 6) is 0.0710. The number of nitrogens with zero attached hydrogens (tertiary/aromatic N) is 1. The SMILES string of the molecule is CCNC(=O)C(C)NCc1ccc(/C(N)=N/O)cc1C. The topological polar surface area (TPSA) is 99.7 Å². The molecule has 0 saturated carbocycles. The van der Waals surface area contributed by atoms with Crippen molar-refractivity contribution in [1.29, 1.82) is 0 Å². The number of rotatable bonds is 6. The maximum absolute atomic E-state index is 11.6. The van der Waals surface area contributed by atoms with Crippen molar-refractivity contribution in [3.05, 3.63) is 34.9 Å². The number of amides is 1. The zero-order valence-corrected chi connectivity index (χ0v) is 12.1. The van der Waals surface area contributed by atoms with Crippen LogP contribution < -0.4 is 16.4 Å². The molecule has 1 unspecified atom stereocenters. The first-order chi connectivity index (χ1) is 9.49. The highest BCUT2D eigenvalue weighted by Crippen LogP contribution is 2.11. The van der Waals surface area contributed by atoms with Crippen LogP contribution >= 0.6 is 0 Å². The molecule has 1 amide bonds. The van der Waals surface area contributed by atoms with E-state index in [1.165, 1.54) is 0 Å². The van der Waals surface area contributed by atoms with Crippen LogP contribution in [0.15, 0.2) is 23.4 Å². The third kappa shape index (κ3) is 4.24. The molecule has 0 radical (unpaired) electrons. The van der Waals surface area contributed by atoms with Gasteiger partial charge in [-0.25, -0.2) is 0 Å². The molecule has 110 valence electrons. The van der Waals surface area contributed by atoms with Crippen LogP contribution in [-0.2, 0) is 11.3 Å². The van der Waals surface area contributed by atoms with Crippen LogP contribution in [0.3, 0.4) is 0 Å². The van der Waals surface area contributed by atoms with Crippen molar-refractivity contribution in [1.82, 2.24) is 10.6 Å². The van der Waals surface area contributed by atoms with E-state index in [1.54, 1.807) is 6.07 Å². The quantitative estimate of drug-likeness (QED) is 0.266. The molecule has 0 bridgehead atoms. The largest absolute Gasteiger partial charge is 0.409 e. The smallest absolute Gasteiger partial charge is 0.236 e. The molecule has 1 aromatic carbocycles. The fourth-order valence-electron chi connectivity index (χ4n) is 1.79. The van der Waals surface area contributed by atoms with Gasteiger partial charge in [0.15, 0.2) is 5.84 Å². The number of oxime groups is 1. The van der Waals surface area contributed by atoms with Crippen molar-refractivity contribution < 1.29 is 10.0 Å². The van der Waals surface area contributed by atoms with Gasteiger partial charge in [-0.3, -0.25) is 4.79 Å². The van der Waals surface area contributed by atoms with Crippen molar-refractivity contribution in [2.45, 2.75) is 33.4 Å². The maximum Gasteiger partial charge on any atom is 0.236 e. The Morgan fingerprint density at radius 2 is 2.20 bits per heavy atom. The van der Waals surface area contributed by atoms with Crippen LogP contribution in [0.25, 0.3) is 0 Å². The lowest BCUT2D eigenvalue weighted by atomic mass is 10.0. The van der Waals surface area contributed by atoms with Crippen LogP contribution in [0.4, 0.5) is 0 Å². The Hall–Kier alpha value is -2.08. The van der Waals surface area contributed by atoms with Gasteiger partial charge >= 0.3 is 0 Å². The van der Waals surface area contributed by atoms with Crippen LogP contribution in [0.5, 0.6) is 0 Å². The third-order valence-electron chi connectivity index (χ3n) is 3.09. The summed E-state index contributed by atoms with van der Waals surface area (Å²) in [6.45, 7) is 6.87. The third-order valence-corrected chi connectivity index (χ3v) is 3.09. The number of nitrogens with two attached hydrogens (primary N) is 1. The Balaban J connectivity index is 2.68. The van der Waals surface area contributed by atoms with E-state index in [4.69, 9.17) is 10.9 Å². The van der Waals surface area contributed by atoms with Crippen molar-refractivity contribution in [2.75, 3.05) is 6.54 Å². The molecule has 5 N–H and O–H groups in total. The second-order valence-electron chi connectivity index (χ2n) is 4.62. The zero-order chi connectivity index (χ0) is 15.1. The molecule has 20 heavy (non-hydrogen) atoms. The zero-order valence-electron chi connectivity index (χ0n) is 12.1. The van der Waals surface area contributed by atoms with Crippen molar-refractivity contribution in [2.24, 2.45) is 10.9 Å². The Morgan fingerprint density at radius 1 is 1.50 bits per heavy atom. The average Bonchev–Trinajstić information content (AvgIpc) is 2.44. The molecule has 0 heterocycles. The predicted molar refractivity (Wildman–Crippen MR) is 78.7 cm³/mol. The molecule has 6 nitrogen and oxygen atoms in total. The van der Waals surface area contributed by atoms with Gasteiger partial charge in [0.25, 0.3) is 0 Å². The van der Waals surface area contributed by atoms with Gasteiger partial charge in [0, 0.05) is 18.7 Å². The lowest BCUT2D eigenvalue weighted by molar-refractivity contribution is -0.122. The van der Waals surface area contributed by atoms with Crippen LogP contribution in [-0.4, -0.2) is 29.5 Å². The van der Waals surface area contributed by atoms with E-state index in [2.05, 4.69) is 15.8 Å². The summed E-state index contributed by atoms with van der Waals surface area (Å²) in [7, 11) is 0. The summed E-state index contributed by atoms with van der Waals surface area (Å²) < 4.78 is 0. The van der Waals surface area contributed by atoms with E-state index in [0.717, 1.165) is 11.1 Å². The van der Waals surface area contributed by atoms with Gasteiger partial charge in [-0.1, -0.05) is 17.3 Å².